The molecule has 0 heterocycles. The number of aryl methyl sites for hydroxylation is 2. The predicted octanol–water partition coefficient (Wildman–Crippen LogP) is 4.84. The van der Waals surface area contributed by atoms with Crippen molar-refractivity contribution in [3.63, 3.8) is 0 Å². The predicted molar refractivity (Wildman–Crippen MR) is 147 cm³/mol. The smallest absolute Gasteiger partial charge is 0.264 e. The maximum atomic E-state index is 13.9. The van der Waals surface area contributed by atoms with Gasteiger partial charge in [0.2, 0.25) is 11.8 Å². The van der Waals surface area contributed by atoms with Crippen molar-refractivity contribution in [2.75, 3.05) is 17.9 Å². The fourth-order valence-electron chi connectivity index (χ4n) is 4.07. The number of carbonyl (C=O) groups is 2. The van der Waals surface area contributed by atoms with E-state index in [1.54, 1.807) is 38.1 Å². The lowest BCUT2D eigenvalue weighted by molar-refractivity contribution is -0.140. The molecule has 3 aromatic rings. The molecule has 1 unspecified atom stereocenters. The van der Waals surface area contributed by atoms with Crippen LogP contribution in [0.5, 0.6) is 0 Å². The second-order valence-electron chi connectivity index (χ2n) is 8.94. The Morgan fingerprint density at radius 2 is 1.63 bits per heavy atom. The Bertz CT molecular complexity index is 1400. The molecular formula is C28H31ClFN3O4S. The van der Waals surface area contributed by atoms with Gasteiger partial charge in [0.05, 0.1) is 10.6 Å². The lowest BCUT2D eigenvalue weighted by atomic mass is 10.1. The zero-order valence-corrected chi connectivity index (χ0v) is 23.3. The normalized spacial score (nSPS) is 12.1. The van der Waals surface area contributed by atoms with Crippen LogP contribution in [0.1, 0.15) is 30.0 Å². The molecule has 1 atom stereocenters. The van der Waals surface area contributed by atoms with E-state index in [0.717, 1.165) is 9.87 Å². The number of nitrogens with zero attached hydrogens (tertiary/aromatic N) is 2. The first-order valence-electron chi connectivity index (χ1n) is 12.1. The van der Waals surface area contributed by atoms with E-state index in [9.17, 15) is 22.4 Å². The maximum absolute atomic E-state index is 13.9. The number of sulfonamides is 1. The van der Waals surface area contributed by atoms with Gasteiger partial charge in [-0.2, -0.15) is 0 Å². The van der Waals surface area contributed by atoms with Gasteiger partial charge < -0.3 is 10.2 Å². The Morgan fingerprint density at radius 1 is 1.00 bits per heavy atom. The van der Waals surface area contributed by atoms with E-state index in [1.165, 1.54) is 54.4 Å². The van der Waals surface area contributed by atoms with Crippen LogP contribution in [0.3, 0.4) is 0 Å². The summed E-state index contributed by atoms with van der Waals surface area (Å²) in [6, 6.07) is 15.8. The highest BCUT2D eigenvalue weighted by atomic mass is 35.5. The summed E-state index contributed by atoms with van der Waals surface area (Å²) in [6.07, 6.45) is 0.285. The van der Waals surface area contributed by atoms with Crippen LogP contribution >= 0.6 is 11.6 Å². The van der Waals surface area contributed by atoms with E-state index in [0.29, 0.717) is 16.1 Å². The molecular weight excluding hydrogens is 529 g/mol. The van der Waals surface area contributed by atoms with E-state index in [1.807, 2.05) is 6.92 Å². The van der Waals surface area contributed by atoms with Gasteiger partial charge in [-0.05, 0) is 67.8 Å². The highest BCUT2D eigenvalue weighted by molar-refractivity contribution is 7.92. The van der Waals surface area contributed by atoms with Crippen LogP contribution in [0.2, 0.25) is 5.02 Å². The van der Waals surface area contributed by atoms with Gasteiger partial charge >= 0.3 is 0 Å². The first-order valence-corrected chi connectivity index (χ1v) is 13.9. The van der Waals surface area contributed by atoms with Gasteiger partial charge in [0.1, 0.15) is 18.4 Å². The van der Waals surface area contributed by atoms with E-state index in [4.69, 9.17) is 11.6 Å². The van der Waals surface area contributed by atoms with Gasteiger partial charge in [0.25, 0.3) is 10.0 Å². The highest BCUT2D eigenvalue weighted by Crippen LogP contribution is 2.30. The van der Waals surface area contributed by atoms with Crippen molar-refractivity contribution in [2.45, 2.75) is 44.7 Å². The first-order chi connectivity index (χ1) is 18.0. The molecule has 0 saturated heterocycles. The molecule has 2 amide bonds. The van der Waals surface area contributed by atoms with E-state index < -0.39 is 40.2 Å². The van der Waals surface area contributed by atoms with Gasteiger partial charge in [-0.1, -0.05) is 54.4 Å². The maximum Gasteiger partial charge on any atom is 0.264 e. The summed E-state index contributed by atoms with van der Waals surface area (Å²) in [5, 5.41) is 2.87. The van der Waals surface area contributed by atoms with Crippen molar-refractivity contribution < 1.29 is 22.4 Å². The minimum absolute atomic E-state index is 0.0127. The Labute approximate surface area is 228 Å². The zero-order valence-electron chi connectivity index (χ0n) is 21.7. The molecule has 38 heavy (non-hydrogen) atoms. The number of hydrogen-bond donors (Lipinski definition) is 1. The second-order valence-corrected chi connectivity index (χ2v) is 11.2. The van der Waals surface area contributed by atoms with E-state index in [2.05, 4.69) is 5.32 Å². The van der Waals surface area contributed by atoms with Gasteiger partial charge in [-0.25, -0.2) is 12.8 Å². The molecule has 0 fully saturated rings. The number of carbonyl (C=O) groups excluding carboxylic acids is 2. The lowest BCUT2D eigenvalue weighted by Crippen LogP contribution is -2.51. The molecule has 0 aliphatic rings. The number of nitrogens with one attached hydrogen (secondary N) is 1. The summed E-state index contributed by atoms with van der Waals surface area (Å²) in [6.45, 7) is 4.73. The van der Waals surface area contributed by atoms with Crippen LogP contribution in [0.15, 0.2) is 71.6 Å². The third-order valence-electron chi connectivity index (χ3n) is 6.23. The molecule has 7 nitrogen and oxygen atoms in total. The molecule has 0 saturated carbocycles. The zero-order chi connectivity index (χ0) is 28.0. The van der Waals surface area contributed by atoms with Crippen molar-refractivity contribution in [3.05, 3.63) is 94.3 Å². The molecule has 3 aromatic carbocycles. The Balaban J connectivity index is 2.10. The van der Waals surface area contributed by atoms with Crippen LogP contribution in [0.25, 0.3) is 0 Å². The summed E-state index contributed by atoms with van der Waals surface area (Å²) in [5.41, 5.74) is 2.32. The quantitative estimate of drug-likeness (QED) is 0.385. The largest absolute Gasteiger partial charge is 0.357 e. The molecule has 202 valence electrons. The van der Waals surface area contributed by atoms with Crippen LogP contribution in [0, 0.1) is 19.7 Å². The molecule has 0 bridgehead atoms. The molecule has 3 rings (SSSR count). The minimum atomic E-state index is -4.20. The van der Waals surface area contributed by atoms with Gasteiger partial charge in [0.15, 0.2) is 0 Å². The lowest BCUT2D eigenvalue weighted by Gasteiger charge is -2.33. The summed E-state index contributed by atoms with van der Waals surface area (Å²) in [4.78, 5) is 27.9. The van der Waals surface area contributed by atoms with E-state index >= 15 is 0 Å². The van der Waals surface area contributed by atoms with Crippen LogP contribution in [0.4, 0.5) is 10.1 Å². The van der Waals surface area contributed by atoms with Crippen LogP contribution in [-0.4, -0.2) is 44.8 Å². The summed E-state index contributed by atoms with van der Waals surface area (Å²) >= 11 is 6.23. The summed E-state index contributed by atoms with van der Waals surface area (Å²) in [7, 11) is -2.73. The molecule has 0 radical (unpaired) electrons. The van der Waals surface area contributed by atoms with Crippen molar-refractivity contribution in [1.82, 2.24) is 10.2 Å². The van der Waals surface area contributed by atoms with Crippen molar-refractivity contribution in [2.24, 2.45) is 0 Å². The Hall–Kier alpha value is -3.43. The fraction of sp³-hybridized carbons (Fsp3) is 0.286. The summed E-state index contributed by atoms with van der Waals surface area (Å²) in [5.74, 6) is -1.42. The number of halogens is 2. The third-order valence-corrected chi connectivity index (χ3v) is 8.24. The Kier molecular flexibility index (Phi) is 9.51. The van der Waals surface area contributed by atoms with Crippen molar-refractivity contribution >= 4 is 39.1 Å². The molecule has 10 heteroatoms. The first kappa shape index (κ1) is 29.1. The van der Waals surface area contributed by atoms with Gasteiger partial charge in [-0.3, -0.25) is 13.9 Å². The molecule has 1 N–H and O–H groups in total. The average Bonchev–Trinajstić information content (AvgIpc) is 2.89. The number of hydrogen-bond acceptors (Lipinski definition) is 4. The Morgan fingerprint density at radius 3 is 2.21 bits per heavy atom. The van der Waals surface area contributed by atoms with Crippen molar-refractivity contribution in [3.8, 4) is 0 Å². The molecule has 0 spiro atoms. The van der Waals surface area contributed by atoms with Gasteiger partial charge in [-0.15, -0.1) is 0 Å². The number of anilines is 1. The third kappa shape index (κ3) is 6.71. The number of likely N-dealkylation sites (N-methyl/N-ethyl adjacent to an activating group) is 1. The highest BCUT2D eigenvalue weighted by Gasteiger charge is 2.34. The SMILES string of the molecule is CCC(C(=O)NC)N(Cc1ccc(F)cc1)C(=O)CN(c1cc(Cl)ccc1C)S(=O)(=O)c1ccc(C)cc1. The number of rotatable bonds is 10. The van der Waals surface area contributed by atoms with Crippen LogP contribution < -0.4 is 9.62 Å². The van der Waals surface area contributed by atoms with Gasteiger partial charge in [0, 0.05) is 18.6 Å². The number of benzene rings is 3. The van der Waals surface area contributed by atoms with E-state index in [-0.39, 0.29) is 23.5 Å². The summed E-state index contributed by atoms with van der Waals surface area (Å²) < 4.78 is 42.3. The monoisotopic (exact) mass is 559 g/mol. The van der Waals surface area contributed by atoms with Crippen LogP contribution in [-0.2, 0) is 26.2 Å². The number of amides is 2. The second kappa shape index (κ2) is 12.4. The molecule has 0 aliphatic carbocycles. The minimum Gasteiger partial charge on any atom is -0.357 e. The standard InChI is InChI=1S/C28H31ClFN3O4S/c1-5-25(28(35)31-4)32(17-21-9-12-23(30)13-10-21)27(34)18-33(26-16-22(29)11-8-20(26)3)38(36,37)24-14-6-19(2)7-15-24/h6-16,25H,5,17-18H2,1-4H3,(H,31,35). The topological polar surface area (TPSA) is 86.8 Å². The fourth-order valence-corrected chi connectivity index (χ4v) is 5.71. The molecule has 0 aliphatic heterocycles. The average molecular weight is 560 g/mol. The molecule has 0 aromatic heterocycles. The van der Waals surface area contributed by atoms with Crippen molar-refractivity contribution in [1.29, 1.82) is 0 Å².